The molecular formula is C29H33BrIN3O4S. The smallest absolute Gasteiger partial charge is 0.244 e. The van der Waals surface area contributed by atoms with E-state index < -0.39 is 28.5 Å². The van der Waals surface area contributed by atoms with E-state index in [1.807, 2.05) is 61.5 Å². The van der Waals surface area contributed by atoms with E-state index >= 15 is 0 Å². The number of unbranched alkanes of at least 4 members (excludes halogenated alkanes) is 1. The van der Waals surface area contributed by atoms with Crippen LogP contribution in [0.1, 0.15) is 30.9 Å². The van der Waals surface area contributed by atoms with Gasteiger partial charge in [-0.1, -0.05) is 71.7 Å². The Morgan fingerprint density at radius 2 is 1.64 bits per heavy atom. The maximum absolute atomic E-state index is 14.0. The summed E-state index contributed by atoms with van der Waals surface area (Å²) in [6, 6.07) is 23.1. The predicted octanol–water partition coefficient (Wildman–Crippen LogP) is 5.38. The van der Waals surface area contributed by atoms with E-state index in [1.165, 1.54) is 4.90 Å². The van der Waals surface area contributed by atoms with Gasteiger partial charge in [0.2, 0.25) is 21.8 Å². The molecule has 0 saturated heterocycles. The Morgan fingerprint density at radius 1 is 0.974 bits per heavy atom. The summed E-state index contributed by atoms with van der Waals surface area (Å²) in [4.78, 5) is 29.1. The van der Waals surface area contributed by atoms with Crippen molar-refractivity contribution in [3.63, 3.8) is 0 Å². The first-order chi connectivity index (χ1) is 18.6. The average Bonchev–Trinajstić information content (AvgIpc) is 2.90. The number of benzene rings is 3. The second-order valence-corrected chi connectivity index (χ2v) is 13.3. The van der Waals surface area contributed by atoms with E-state index in [1.54, 1.807) is 24.3 Å². The molecule has 1 atom stereocenters. The van der Waals surface area contributed by atoms with Crippen molar-refractivity contribution in [3.05, 3.63) is 98.0 Å². The van der Waals surface area contributed by atoms with Gasteiger partial charge in [0.15, 0.2) is 0 Å². The van der Waals surface area contributed by atoms with Gasteiger partial charge in [-0.15, -0.1) is 0 Å². The molecule has 3 aromatic rings. The number of hydrogen-bond acceptors (Lipinski definition) is 4. The molecule has 208 valence electrons. The van der Waals surface area contributed by atoms with E-state index in [-0.39, 0.29) is 12.5 Å². The summed E-state index contributed by atoms with van der Waals surface area (Å²) in [7, 11) is -3.79. The lowest BCUT2D eigenvalue weighted by Crippen LogP contribution is -2.53. The number of nitrogens with one attached hydrogen (secondary N) is 1. The Hall–Kier alpha value is -2.44. The van der Waals surface area contributed by atoms with Gasteiger partial charge in [-0.2, -0.15) is 0 Å². The van der Waals surface area contributed by atoms with Gasteiger partial charge in [0.25, 0.3) is 0 Å². The van der Waals surface area contributed by atoms with Crippen LogP contribution in [0.5, 0.6) is 0 Å². The third-order valence-corrected chi connectivity index (χ3v) is 8.49. The van der Waals surface area contributed by atoms with Crippen LogP contribution in [0.15, 0.2) is 83.3 Å². The predicted molar refractivity (Wildman–Crippen MR) is 168 cm³/mol. The van der Waals surface area contributed by atoms with Gasteiger partial charge < -0.3 is 10.2 Å². The first kappa shape index (κ1) is 31.1. The zero-order chi connectivity index (χ0) is 28.4. The normalized spacial score (nSPS) is 12.0. The van der Waals surface area contributed by atoms with Crippen LogP contribution in [0.3, 0.4) is 0 Å². The van der Waals surface area contributed by atoms with Crippen LogP contribution in [0, 0.1) is 3.57 Å². The fourth-order valence-corrected chi connectivity index (χ4v) is 5.77. The Kier molecular flexibility index (Phi) is 11.8. The number of nitrogens with zero attached hydrogens (tertiary/aromatic N) is 2. The lowest BCUT2D eigenvalue weighted by Gasteiger charge is -2.33. The lowest BCUT2D eigenvalue weighted by atomic mass is 10.0. The number of amides is 2. The molecule has 0 aliphatic heterocycles. The standard InChI is InChI=1S/C29H33BrIN3O4S/c1-3-4-17-32-29(36)27(19-22-9-6-5-7-10-22)33(20-23-11-8-12-24(30)18-23)28(35)21-34(39(2,37)38)26-15-13-25(31)14-16-26/h5-16,18,27H,3-4,17,19-21H2,1-2H3,(H,32,36)/t27-/m1/s1. The number of halogens is 2. The summed E-state index contributed by atoms with van der Waals surface area (Å²) in [6.45, 7) is 2.25. The number of anilines is 1. The molecule has 3 rings (SSSR count). The number of rotatable bonds is 13. The van der Waals surface area contributed by atoms with Gasteiger partial charge in [-0.25, -0.2) is 8.42 Å². The van der Waals surface area contributed by atoms with Gasteiger partial charge in [0.05, 0.1) is 11.9 Å². The van der Waals surface area contributed by atoms with Crippen molar-refractivity contribution in [3.8, 4) is 0 Å². The second-order valence-electron chi connectivity index (χ2n) is 9.25. The first-order valence-electron chi connectivity index (χ1n) is 12.7. The van der Waals surface area contributed by atoms with E-state index in [0.29, 0.717) is 18.7 Å². The Balaban J connectivity index is 2.02. The summed E-state index contributed by atoms with van der Waals surface area (Å²) in [6.07, 6.45) is 3.11. The van der Waals surface area contributed by atoms with E-state index in [0.717, 1.165) is 42.6 Å². The fraction of sp³-hybridized carbons (Fsp3) is 0.310. The van der Waals surface area contributed by atoms with E-state index in [2.05, 4.69) is 43.8 Å². The zero-order valence-electron chi connectivity index (χ0n) is 22.0. The third kappa shape index (κ3) is 9.61. The van der Waals surface area contributed by atoms with Gasteiger partial charge >= 0.3 is 0 Å². The van der Waals surface area contributed by atoms with Crippen molar-refractivity contribution in [2.24, 2.45) is 0 Å². The molecule has 0 radical (unpaired) electrons. The van der Waals surface area contributed by atoms with E-state index in [4.69, 9.17) is 0 Å². The average molecular weight is 726 g/mol. The molecular weight excluding hydrogens is 693 g/mol. The first-order valence-corrected chi connectivity index (χ1v) is 16.4. The topological polar surface area (TPSA) is 86.8 Å². The number of carbonyl (C=O) groups excluding carboxylic acids is 2. The summed E-state index contributed by atoms with van der Waals surface area (Å²) in [5.41, 5.74) is 2.11. The quantitative estimate of drug-likeness (QED) is 0.190. The van der Waals surface area contributed by atoms with Crippen LogP contribution in [-0.4, -0.2) is 50.5 Å². The largest absolute Gasteiger partial charge is 0.354 e. The molecule has 0 spiro atoms. The van der Waals surface area contributed by atoms with Gasteiger partial charge in [-0.05, 0) is 76.5 Å². The molecule has 39 heavy (non-hydrogen) atoms. The molecule has 0 heterocycles. The minimum atomic E-state index is -3.79. The monoisotopic (exact) mass is 725 g/mol. The van der Waals surface area contributed by atoms with Gasteiger partial charge in [0, 0.05) is 27.6 Å². The molecule has 0 aliphatic rings. The highest BCUT2D eigenvalue weighted by Crippen LogP contribution is 2.22. The summed E-state index contributed by atoms with van der Waals surface area (Å²) < 4.78 is 28.5. The summed E-state index contributed by atoms with van der Waals surface area (Å²) in [5, 5.41) is 2.98. The minimum Gasteiger partial charge on any atom is -0.354 e. The molecule has 0 unspecified atom stereocenters. The van der Waals surface area contributed by atoms with Crippen LogP contribution >= 0.6 is 38.5 Å². The highest BCUT2D eigenvalue weighted by atomic mass is 127. The number of carbonyl (C=O) groups is 2. The highest BCUT2D eigenvalue weighted by molar-refractivity contribution is 14.1. The van der Waals surface area contributed by atoms with Crippen LogP contribution < -0.4 is 9.62 Å². The van der Waals surface area contributed by atoms with Crippen molar-refractivity contribution in [2.45, 2.75) is 38.8 Å². The molecule has 0 saturated carbocycles. The molecule has 0 aromatic heterocycles. The van der Waals surface area contributed by atoms with Crippen molar-refractivity contribution < 1.29 is 18.0 Å². The highest BCUT2D eigenvalue weighted by Gasteiger charge is 2.33. The van der Waals surface area contributed by atoms with E-state index in [9.17, 15) is 18.0 Å². The van der Waals surface area contributed by atoms with Crippen molar-refractivity contribution in [1.29, 1.82) is 0 Å². The maximum atomic E-state index is 14.0. The maximum Gasteiger partial charge on any atom is 0.244 e. The van der Waals surface area contributed by atoms with Crippen molar-refractivity contribution in [1.82, 2.24) is 10.2 Å². The van der Waals surface area contributed by atoms with Crippen molar-refractivity contribution in [2.75, 3.05) is 23.7 Å². The zero-order valence-corrected chi connectivity index (χ0v) is 26.6. The third-order valence-electron chi connectivity index (χ3n) is 6.14. The molecule has 0 fully saturated rings. The lowest BCUT2D eigenvalue weighted by molar-refractivity contribution is -0.140. The van der Waals surface area contributed by atoms with Gasteiger partial charge in [-0.3, -0.25) is 13.9 Å². The SMILES string of the molecule is CCCCNC(=O)[C@@H](Cc1ccccc1)N(Cc1cccc(Br)c1)C(=O)CN(c1ccc(I)cc1)S(C)(=O)=O. The Morgan fingerprint density at radius 3 is 2.26 bits per heavy atom. The van der Waals surface area contributed by atoms with Crippen LogP contribution in [0.4, 0.5) is 5.69 Å². The summed E-state index contributed by atoms with van der Waals surface area (Å²) >= 11 is 5.62. The molecule has 2 amide bonds. The summed E-state index contributed by atoms with van der Waals surface area (Å²) in [5.74, 6) is -0.735. The van der Waals surface area contributed by atoms with Crippen LogP contribution in [-0.2, 0) is 32.6 Å². The molecule has 3 aromatic carbocycles. The molecule has 0 bridgehead atoms. The number of hydrogen-bond donors (Lipinski definition) is 1. The Labute approximate surface area is 253 Å². The molecule has 7 nitrogen and oxygen atoms in total. The van der Waals surface area contributed by atoms with Crippen LogP contribution in [0.2, 0.25) is 0 Å². The number of sulfonamides is 1. The van der Waals surface area contributed by atoms with Gasteiger partial charge in [0.1, 0.15) is 12.6 Å². The minimum absolute atomic E-state index is 0.140. The van der Waals surface area contributed by atoms with Crippen molar-refractivity contribution >= 4 is 66.0 Å². The molecule has 1 N–H and O–H groups in total. The Bertz CT molecular complexity index is 1350. The second kappa shape index (κ2) is 14.8. The van der Waals surface area contributed by atoms with Crippen LogP contribution in [0.25, 0.3) is 0 Å². The molecule has 10 heteroatoms. The fourth-order valence-electron chi connectivity index (χ4n) is 4.11. The molecule has 0 aliphatic carbocycles.